The van der Waals surface area contributed by atoms with Crippen LogP contribution < -0.4 is 15.7 Å². The van der Waals surface area contributed by atoms with Gasteiger partial charge in [-0.2, -0.15) is 4.98 Å². The Hall–Kier alpha value is -3.98. The minimum absolute atomic E-state index is 0.0630. The van der Waals surface area contributed by atoms with Crippen LogP contribution in [0.1, 0.15) is 10.4 Å². The van der Waals surface area contributed by atoms with Crippen LogP contribution in [-0.2, 0) is 13.0 Å². The zero-order valence-electron chi connectivity index (χ0n) is 18.4. The largest absolute Gasteiger partial charge is 0.497 e. The molecule has 0 fully saturated rings. The first-order valence-corrected chi connectivity index (χ1v) is 11.6. The van der Waals surface area contributed by atoms with Gasteiger partial charge in [-0.25, -0.2) is 18.7 Å². The molecule has 172 valence electrons. The lowest BCUT2D eigenvalue weighted by atomic mass is 10.2. The van der Waals surface area contributed by atoms with Gasteiger partial charge in [0.1, 0.15) is 17.1 Å². The number of rotatable bonds is 8. The number of hydrogen-bond acceptors (Lipinski definition) is 6. The van der Waals surface area contributed by atoms with Crippen molar-refractivity contribution in [2.75, 3.05) is 19.0 Å². The van der Waals surface area contributed by atoms with E-state index in [-0.39, 0.29) is 18.1 Å². The van der Waals surface area contributed by atoms with Crippen molar-refractivity contribution in [3.8, 4) is 11.4 Å². The molecule has 7 nitrogen and oxygen atoms in total. The molecule has 3 aromatic heterocycles. The summed E-state index contributed by atoms with van der Waals surface area (Å²) < 4.78 is 22.7. The van der Waals surface area contributed by atoms with Gasteiger partial charge < -0.3 is 10.1 Å². The van der Waals surface area contributed by atoms with Gasteiger partial charge in [0.15, 0.2) is 5.65 Å². The molecule has 0 unspecified atom stereocenters. The maximum Gasteiger partial charge on any atom is 0.335 e. The highest BCUT2D eigenvalue weighted by atomic mass is 32.1. The standard InChI is InChI=1S/C25H22FN5O2S/c1-33-19-8-4-7-18(14-19)31-23-22(30(25(31)32)16-17-6-2-3-10-21(17)26)15-28-24(29-23)27-12-11-20-9-5-13-34-20/h2-10,13-15H,11-12,16H2,1H3,(H,27,28,29). The first kappa shape index (κ1) is 21.8. The van der Waals surface area contributed by atoms with E-state index in [4.69, 9.17) is 4.74 Å². The Morgan fingerprint density at radius 3 is 2.79 bits per heavy atom. The average molecular weight is 476 g/mol. The third kappa shape index (κ3) is 4.29. The van der Waals surface area contributed by atoms with E-state index in [1.807, 2.05) is 23.6 Å². The van der Waals surface area contributed by atoms with Gasteiger partial charge in [0.2, 0.25) is 5.95 Å². The van der Waals surface area contributed by atoms with Gasteiger partial charge >= 0.3 is 5.69 Å². The summed E-state index contributed by atoms with van der Waals surface area (Å²) in [5, 5.41) is 5.28. The second-order valence-electron chi connectivity index (χ2n) is 7.66. The van der Waals surface area contributed by atoms with Crippen molar-refractivity contribution in [3.05, 3.63) is 99.0 Å². The van der Waals surface area contributed by atoms with Crippen LogP contribution in [0.15, 0.2) is 77.0 Å². The molecular weight excluding hydrogens is 453 g/mol. The number of benzene rings is 2. The van der Waals surface area contributed by atoms with E-state index >= 15 is 0 Å². The summed E-state index contributed by atoms with van der Waals surface area (Å²) in [4.78, 5) is 23.9. The summed E-state index contributed by atoms with van der Waals surface area (Å²) in [7, 11) is 1.57. The average Bonchev–Trinajstić information content (AvgIpc) is 3.46. The van der Waals surface area contributed by atoms with Crippen LogP contribution in [0.2, 0.25) is 0 Å². The lowest BCUT2D eigenvalue weighted by Crippen LogP contribution is -2.24. The maximum atomic E-state index is 14.4. The fourth-order valence-corrected chi connectivity index (χ4v) is 4.51. The fourth-order valence-electron chi connectivity index (χ4n) is 3.81. The molecule has 0 saturated carbocycles. The highest BCUT2D eigenvalue weighted by Crippen LogP contribution is 2.22. The summed E-state index contributed by atoms with van der Waals surface area (Å²) >= 11 is 1.70. The summed E-state index contributed by atoms with van der Waals surface area (Å²) in [6, 6.07) is 17.7. The number of hydrogen-bond donors (Lipinski definition) is 1. The zero-order chi connectivity index (χ0) is 23.5. The number of aromatic nitrogens is 4. The van der Waals surface area contributed by atoms with Crippen LogP contribution in [0.5, 0.6) is 5.75 Å². The van der Waals surface area contributed by atoms with Gasteiger partial charge in [-0.3, -0.25) is 4.57 Å². The number of imidazole rings is 1. The minimum Gasteiger partial charge on any atom is -0.497 e. The molecule has 0 radical (unpaired) electrons. The predicted octanol–water partition coefficient (Wildman–Crippen LogP) is 4.49. The number of nitrogens with zero attached hydrogens (tertiary/aromatic N) is 4. The van der Waals surface area contributed by atoms with Gasteiger partial charge in [-0.15, -0.1) is 11.3 Å². The Bertz CT molecular complexity index is 1490. The molecule has 0 aliphatic carbocycles. The lowest BCUT2D eigenvalue weighted by Gasteiger charge is -2.07. The number of anilines is 1. The monoisotopic (exact) mass is 475 g/mol. The van der Waals surface area contributed by atoms with Crippen LogP contribution >= 0.6 is 11.3 Å². The van der Waals surface area contributed by atoms with E-state index in [1.54, 1.807) is 55.0 Å². The van der Waals surface area contributed by atoms with Gasteiger partial charge in [0, 0.05) is 23.1 Å². The van der Waals surface area contributed by atoms with Crippen LogP contribution in [0.3, 0.4) is 0 Å². The number of nitrogens with one attached hydrogen (secondary N) is 1. The molecule has 34 heavy (non-hydrogen) atoms. The zero-order valence-corrected chi connectivity index (χ0v) is 19.3. The summed E-state index contributed by atoms with van der Waals surface area (Å²) in [6.45, 7) is 0.721. The van der Waals surface area contributed by atoms with E-state index in [0.717, 1.165) is 6.42 Å². The molecule has 0 saturated heterocycles. The van der Waals surface area contributed by atoms with E-state index in [1.165, 1.54) is 20.1 Å². The van der Waals surface area contributed by atoms with Crippen molar-refractivity contribution < 1.29 is 9.13 Å². The Morgan fingerprint density at radius 1 is 1.12 bits per heavy atom. The van der Waals surface area contributed by atoms with Crippen molar-refractivity contribution in [1.82, 2.24) is 19.1 Å². The summed E-state index contributed by atoms with van der Waals surface area (Å²) in [5.74, 6) is 0.663. The molecule has 0 spiro atoms. The first-order valence-electron chi connectivity index (χ1n) is 10.8. The topological polar surface area (TPSA) is 74.0 Å². The quantitative estimate of drug-likeness (QED) is 0.358. The number of halogens is 1. The van der Waals surface area contributed by atoms with Crippen LogP contribution in [0.25, 0.3) is 16.9 Å². The maximum absolute atomic E-state index is 14.4. The molecule has 9 heteroatoms. The molecule has 1 N–H and O–H groups in total. The van der Waals surface area contributed by atoms with E-state index in [2.05, 4.69) is 21.4 Å². The number of ether oxygens (including phenoxy) is 1. The fraction of sp³-hybridized carbons (Fsp3) is 0.160. The van der Waals surface area contributed by atoms with E-state index in [9.17, 15) is 9.18 Å². The molecule has 5 aromatic rings. The second kappa shape index (κ2) is 9.48. The smallest absolute Gasteiger partial charge is 0.335 e. The van der Waals surface area contributed by atoms with Gasteiger partial charge in [0.05, 0.1) is 25.5 Å². The Labute approximate surface area is 199 Å². The van der Waals surface area contributed by atoms with Crippen LogP contribution in [0, 0.1) is 5.82 Å². The Balaban J connectivity index is 1.58. The summed E-state index contributed by atoms with van der Waals surface area (Å²) in [5.41, 5.74) is 1.62. The summed E-state index contributed by atoms with van der Waals surface area (Å²) in [6.07, 6.45) is 2.45. The molecular formula is C25H22FN5O2S. The van der Waals surface area contributed by atoms with Crippen molar-refractivity contribution in [1.29, 1.82) is 0 Å². The van der Waals surface area contributed by atoms with E-state index in [0.29, 0.717) is 40.7 Å². The van der Waals surface area contributed by atoms with Gasteiger partial charge in [0.25, 0.3) is 0 Å². The second-order valence-corrected chi connectivity index (χ2v) is 8.69. The third-order valence-electron chi connectivity index (χ3n) is 5.51. The molecule has 0 aliphatic rings. The van der Waals surface area contributed by atoms with Crippen molar-refractivity contribution in [2.45, 2.75) is 13.0 Å². The van der Waals surface area contributed by atoms with Gasteiger partial charge in [-0.1, -0.05) is 30.3 Å². The molecule has 2 aromatic carbocycles. The first-order chi connectivity index (χ1) is 16.6. The Morgan fingerprint density at radius 2 is 2.00 bits per heavy atom. The third-order valence-corrected chi connectivity index (χ3v) is 6.44. The van der Waals surface area contributed by atoms with E-state index < -0.39 is 0 Å². The number of methoxy groups -OCH3 is 1. The van der Waals surface area contributed by atoms with Crippen molar-refractivity contribution in [3.63, 3.8) is 0 Å². The molecule has 0 bridgehead atoms. The number of fused-ring (bicyclic) bond motifs is 1. The molecule has 5 rings (SSSR count). The minimum atomic E-state index is -0.371. The van der Waals surface area contributed by atoms with Crippen LogP contribution in [0.4, 0.5) is 10.3 Å². The van der Waals surface area contributed by atoms with Crippen LogP contribution in [-0.4, -0.2) is 32.8 Å². The van der Waals surface area contributed by atoms with Crippen molar-refractivity contribution in [2.24, 2.45) is 0 Å². The highest BCUT2D eigenvalue weighted by Gasteiger charge is 2.19. The molecule has 0 aliphatic heterocycles. The SMILES string of the molecule is COc1cccc(-n2c(=O)n(Cc3ccccc3F)c3cnc(NCCc4cccs4)nc32)c1. The Kier molecular flexibility index (Phi) is 6.09. The molecule has 0 atom stereocenters. The van der Waals surface area contributed by atoms with Crippen molar-refractivity contribution >= 4 is 28.4 Å². The normalized spacial score (nSPS) is 11.1. The highest BCUT2D eigenvalue weighted by molar-refractivity contribution is 7.09. The lowest BCUT2D eigenvalue weighted by molar-refractivity contribution is 0.414. The molecule has 0 amide bonds. The predicted molar refractivity (Wildman–Crippen MR) is 132 cm³/mol. The van der Waals surface area contributed by atoms with Gasteiger partial charge in [-0.05, 0) is 36.1 Å². The number of thiophene rings is 1. The molecule has 3 heterocycles.